The molecule has 0 atom stereocenters. The molecule has 22 heavy (non-hydrogen) atoms. The summed E-state index contributed by atoms with van der Waals surface area (Å²) >= 11 is 0. The van der Waals surface area contributed by atoms with Crippen LogP contribution in [0.3, 0.4) is 0 Å². The summed E-state index contributed by atoms with van der Waals surface area (Å²) in [6.07, 6.45) is 0.415. The number of hydrogen-bond donors (Lipinski definition) is 2. The normalized spacial score (nSPS) is 11.8. The van der Waals surface area contributed by atoms with Crippen LogP contribution in [-0.4, -0.2) is 38.2 Å². The van der Waals surface area contributed by atoms with Gasteiger partial charge in [0.05, 0.1) is 13.2 Å². The van der Waals surface area contributed by atoms with E-state index in [1.807, 2.05) is 36.4 Å². The number of fused-ring (bicyclic) bond motifs is 1. The molecule has 0 heterocycles. The van der Waals surface area contributed by atoms with E-state index in [9.17, 15) is 0 Å². The molecule has 3 N–H and O–H groups in total. The van der Waals surface area contributed by atoms with Crippen LogP contribution in [0.15, 0.2) is 41.6 Å². The topological polar surface area (TPSA) is 86.3 Å². The lowest BCUT2D eigenvalue weighted by molar-refractivity contribution is -0.00841. The molecule has 0 spiro atoms. The van der Waals surface area contributed by atoms with Crippen LogP contribution in [-0.2, 0) is 15.9 Å². The van der Waals surface area contributed by atoms with Crippen LogP contribution < -0.4 is 10.5 Å². The zero-order chi connectivity index (χ0) is 15.8. The molecule has 2 aromatic rings. The third-order valence-corrected chi connectivity index (χ3v) is 3.13. The molecule has 2 aromatic carbocycles. The summed E-state index contributed by atoms with van der Waals surface area (Å²) in [6, 6.07) is 11.7. The highest BCUT2D eigenvalue weighted by Crippen LogP contribution is 2.22. The van der Waals surface area contributed by atoms with Gasteiger partial charge in [0.1, 0.15) is 11.6 Å². The average Bonchev–Trinajstić information content (AvgIpc) is 2.54. The Morgan fingerprint density at radius 2 is 1.91 bits per heavy atom. The molecule has 6 nitrogen and oxygen atoms in total. The second kappa shape index (κ2) is 8.21. The van der Waals surface area contributed by atoms with E-state index < -0.39 is 0 Å². The first-order chi connectivity index (χ1) is 10.7. The van der Waals surface area contributed by atoms with E-state index in [2.05, 4.69) is 5.16 Å². The Labute approximate surface area is 129 Å². The lowest BCUT2D eigenvalue weighted by atomic mass is 10.0. The van der Waals surface area contributed by atoms with E-state index in [1.54, 1.807) is 7.11 Å². The molecular formula is C16H20N2O4. The number of ether oxygens (including phenoxy) is 3. The van der Waals surface area contributed by atoms with Gasteiger partial charge in [-0.2, -0.15) is 0 Å². The fraction of sp³-hybridized carbons (Fsp3) is 0.312. The summed E-state index contributed by atoms with van der Waals surface area (Å²) in [6.45, 7) is 1.24. The highest BCUT2D eigenvalue weighted by Gasteiger charge is 2.02. The van der Waals surface area contributed by atoms with E-state index in [0.717, 1.165) is 22.1 Å². The third-order valence-electron chi connectivity index (χ3n) is 3.13. The first kappa shape index (κ1) is 16.1. The van der Waals surface area contributed by atoms with E-state index in [-0.39, 0.29) is 12.6 Å². The first-order valence-electron chi connectivity index (χ1n) is 6.91. The second-order valence-electron chi connectivity index (χ2n) is 4.77. The van der Waals surface area contributed by atoms with Gasteiger partial charge in [-0.3, -0.25) is 0 Å². The molecule has 0 aliphatic heterocycles. The Morgan fingerprint density at radius 1 is 1.14 bits per heavy atom. The van der Waals surface area contributed by atoms with Crippen molar-refractivity contribution in [2.75, 3.05) is 27.1 Å². The molecule has 0 fully saturated rings. The van der Waals surface area contributed by atoms with E-state index >= 15 is 0 Å². The summed E-state index contributed by atoms with van der Waals surface area (Å²) in [5.74, 6) is 0.932. The van der Waals surface area contributed by atoms with Gasteiger partial charge in [0.15, 0.2) is 6.79 Å². The predicted octanol–water partition coefficient (Wildman–Crippen LogP) is 2.13. The largest absolute Gasteiger partial charge is 0.468 e. The number of oxime groups is 1. The number of amidine groups is 1. The monoisotopic (exact) mass is 304 g/mol. The molecule has 0 bridgehead atoms. The minimum atomic E-state index is 0.188. The maximum absolute atomic E-state index is 8.61. The van der Waals surface area contributed by atoms with Crippen LogP contribution in [0.2, 0.25) is 0 Å². The number of methoxy groups -OCH3 is 1. The van der Waals surface area contributed by atoms with Crippen LogP contribution >= 0.6 is 0 Å². The van der Waals surface area contributed by atoms with Crippen molar-refractivity contribution in [3.05, 3.63) is 42.0 Å². The fourth-order valence-corrected chi connectivity index (χ4v) is 2.03. The van der Waals surface area contributed by atoms with Crippen LogP contribution in [0.4, 0.5) is 0 Å². The molecule has 2 rings (SSSR count). The minimum Gasteiger partial charge on any atom is -0.468 e. The van der Waals surface area contributed by atoms with Crippen molar-refractivity contribution < 1.29 is 19.4 Å². The molecule has 118 valence electrons. The van der Waals surface area contributed by atoms with Gasteiger partial charge in [0.2, 0.25) is 0 Å². The smallest absolute Gasteiger partial charge is 0.189 e. The number of rotatable bonds is 8. The number of nitrogens with two attached hydrogens (primary N) is 1. The lowest BCUT2D eigenvalue weighted by Crippen LogP contribution is -2.14. The van der Waals surface area contributed by atoms with Gasteiger partial charge >= 0.3 is 0 Å². The van der Waals surface area contributed by atoms with Crippen LogP contribution in [0.25, 0.3) is 10.8 Å². The number of nitrogens with zero attached hydrogens (tertiary/aromatic N) is 1. The first-order valence-corrected chi connectivity index (χ1v) is 6.91. The molecule has 0 radical (unpaired) electrons. The highest BCUT2D eigenvalue weighted by atomic mass is 16.7. The molecule has 0 amide bonds. The summed E-state index contributed by atoms with van der Waals surface area (Å²) in [7, 11) is 1.63. The van der Waals surface area contributed by atoms with Gasteiger partial charge in [0.25, 0.3) is 0 Å². The van der Waals surface area contributed by atoms with E-state index in [0.29, 0.717) is 19.6 Å². The molecule has 0 unspecified atom stereocenters. The van der Waals surface area contributed by atoms with Crippen molar-refractivity contribution in [1.82, 2.24) is 0 Å². The maximum Gasteiger partial charge on any atom is 0.189 e. The lowest BCUT2D eigenvalue weighted by Gasteiger charge is -2.09. The number of hydrogen-bond acceptors (Lipinski definition) is 5. The van der Waals surface area contributed by atoms with Gasteiger partial charge in [-0.1, -0.05) is 29.4 Å². The Morgan fingerprint density at radius 3 is 2.68 bits per heavy atom. The van der Waals surface area contributed by atoms with Crippen LogP contribution in [0.5, 0.6) is 5.75 Å². The van der Waals surface area contributed by atoms with Gasteiger partial charge in [-0.25, -0.2) is 0 Å². The Balaban J connectivity index is 2.00. The van der Waals surface area contributed by atoms with E-state index in [1.165, 1.54) is 0 Å². The van der Waals surface area contributed by atoms with Gasteiger partial charge in [-0.15, -0.1) is 0 Å². The van der Waals surface area contributed by atoms with E-state index in [4.69, 9.17) is 25.2 Å². The molecule has 0 aromatic heterocycles. The standard InChI is InChI=1S/C16H20N2O4/c1-20-6-7-21-11-22-15-5-4-13-8-12(9-16(17)18-19)2-3-14(13)10-15/h2-5,8,10,19H,6-7,9,11H2,1H3,(H2,17,18). The number of benzene rings is 2. The SMILES string of the molecule is COCCOCOc1ccc2cc(CC(N)=NO)ccc2c1. The quantitative estimate of drug-likeness (QED) is 0.195. The predicted molar refractivity (Wildman–Crippen MR) is 84.4 cm³/mol. The van der Waals surface area contributed by atoms with Crippen LogP contribution in [0.1, 0.15) is 5.56 Å². The summed E-state index contributed by atoms with van der Waals surface area (Å²) in [4.78, 5) is 0. The average molecular weight is 304 g/mol. The second-order valence-corrected chi connectivity index (χ2v) is 4.77. The van der Waals surface area contributed by atoms with Gasteiger partial charge < -0.3 is 25.2 Å². The molecule has 6 heteroatoms. The summed E-state index contributed by atoms with van der Waals surface area (Å²) in [5, 5.41) is 13.7. The molecule has 0 saturated carbocycles. The summed E-state index contributed by atoms with van der Waals surface area (Å²) < 4.78 is 15.7. The van der Waals surface area contributed by atoms with Crippen molar-refractivity contribution >= 4 is 16.6 Å². The van der Waals surface area contributed by atoms with Gasteiger partial charge in [0, 0.05) is 13.5 Å². The van der Waals surface area contributed by atoms with Crippen molar-refractivity contribution in [3.63, 3.8) is 0 Å². The van der Waals surface area contributed by atoms with Crippen molar-refractivity contribution in [1.29, 1.82) is 0 Å². The Kier molecular flexibility index (Phi) is 6.00. The maximum atomic E-state index is 8.61. The van der Waals surface area contributed by atoms with Crippen molar-refractivity contribution in [2.24, 2.45) is 10.9 Å². The minimum absolute atomic E-state index is 0.188. The highest BCUT2D eigenvalue weighted by molar-refractivity contribution is 5.87. The Hall–Kier alpha value is -2.31. The molecular weight excluding hydrogens is 284 g/mol. The Bertz CT molecular complexity index is 643. The third kappa shape index (κ3) is 4.61. The summed E-state index contributed by atoms with van der Waals surface area (Å²) in [5.41, 5.74) is 6.51. The molecule has 0 saturated heterocycles. The van der Waals surface area contributed by atoms with Crippen LogP contribution in [0, 0.1) is 0 Å². The zero-order valence-corrected chi connectivity index (χ0v) is 12.5. The van der Waals surface area contributed by atoms with Crippen molar-refractivity contribution in [2.45, 2.75) is 6.42 Å². The van der Waals surface area contributed by atoms with Crippen molar-refractivity contribution in [3.8, 4) is 5.75 Å². The van der Waals surface area contributed by atoms with Gasteiger partial charge in [-0.05, 0) is 28.5 Å². The zero-order valence-electron chi connectivity index (χ0n) is 12.5. The fourth-order valence-electron chi connectivity index (χ4n) is 2.03. The molecule has 0 aliphatic rings. The molecule has 0 aliphatic carbocycles.